The number of ether oxygens (including phenoxy) is 3. The molecule has 1 amide bonds. The molecule has 1 aromatic heterocycles. The predicted molar refractivity (Wildman–Crippen MR) is 97.2 cm³/mol. The fourth-order valence-electron chi connectivity index (χ4n) is 3.60. The van der Waals surface area contributed by atoms with Crippen LogP contribution in [0.5, 0.6) is 17.4 Å². The molecular weight excluding hydrogens is 350 g/mol. The van der Waals surface area contributed by atoms with Gasteiger partial charge in [-0.1, -0.05) is 24.1 Å². The number of rotatable bonds is 8. The molecule has 1 N–H and O–H groups in total. The minimum Gasteiger partial charge on any atom is -0.493 e. The Morgan fingerprint density at radius 1 is 1.19 bits per heavy atom. The summed E-state index contributed by atoms with van der Waals surface area (Å²) < 4.78 is 20.8. The van der Waals surface area contributed by atoms with Crippen molar-refractivity contribution in [3.8, 4) is 17.4 Å². The summed E-state index contributed by atoms with van der Waals surface area (Å²) in [5.74, 6) is 1.64. The number of carbonyl (C=O) groups excluding carboxylic acids is 1. The minimum atomic E-state index is -0.551. The summed E-state index contributed by atoms with van der Waals surface area (Å²) in [5.41, 5.74) is 0.983. The van der Waals surface area contributed by atoms with E-state index in [4.69, 9.17) is 14.2 Å². The lowest BCUT2D eigenvalue weighted by molar-refractivity contribution is -0.126. The Morgan fingerprint density at radius 3 is 2.56 bits per heavy atom. The molecule has 1 aromatic carbocycles. The van der Waals surface area contributed by atoms with Crippen LogP contribution in [-0.4, -0.2) is 43.6 Å². The third-order valence-electron chi connectivity index (χ3n) is 5.07. The largest absolute Gasteiger partial charge is 0.493 e. The molecule has 1 saturated carbocycles. The third kappa shape index (κ3) is 3.84. The highest BCUT2D eigenvalue weighted by molar-refractivity contribution is 5.88. The monoisotopic (exact) mass is 375 g/mol. The average Bonchev–Trinajstić information content (AvgIpc) is 3.34. The maximum absolute atomic E-state index is 13.1. The van der Waals surface area contributed by atoms with Gasteiger partial charge in [-0.05, 0) is 42.6 Å². The van der Waals surface area contributed by atoms with Gasteiger partial charge in [-0.15, -0.1) is 0 Å². The number of hydrogen-bond acceptors (Lipinski definition) is 7. The van der Waals surface area contributed by atoms with Gasteiger partial charge in [0.25, 0.3) is 5.88 Å². The quantitative estimate of drug-likeness (QED) is 0.708. The van der Waals surface area contributed by atoms with Crippen molar-refractivity contribution in [2.24, 2.45) is 0 Å². The van der Waals surface area contributed by atoms with Crippen molar-refractivity contribution in [3.63, 3.8) is 0 Å². The maximum Gasteiger partial charge on any atom is 0.278 e. The van der Waals surface area contributed by atoms with E-state index < -0.39 is 5.41 Å². The fraction of sp³-hybridized carbons (Fsp3) is 0.526. The number of benzene rings is 1. The molecule has 1 aliphatic carbocycles. The highest BCUT2D eigenvalue weighted by Crippen LogP contribution is 2.43. The molecule has 1 aliphatic rings. The summed E-state index contributed by atoms with van der Waals surface area (Å²) in [5, 5.41) is 10.3. The first-order valence-electron chi connectivity index (χ1n) is 9.03. The van der Waals surface area contributed by atoms with Gasteiger partial charge in [-0.2, -0.15) is 0 Å². The van der Waals surface area contributed by atoms with Crippen LogP contribution < -0.4 is 19.5 Å². The molecule has 0 spiro atoms. The lowest BCUT2D eigenvalue weighted by Crippen LogP contribution is -2.44. The Kier molecular flexibility index (Phi) is 5.83. The van der Waals surface area contributed by atoms with E-state index in [0.29, 0.717) is 36.2 Å². The summed E-state index contributed by atoms with van der Waals surface area (Å²) in [7, 11) is 3.20. The van der Waals surface area contributed by atoms with Crippen LogP contribution in [0.2, 0.25) is 0 Å². The van der Waals surface area contributed by atoms with Gasteiger partial charge in [0.05, 0.1) is 26.2 Å². The standard InChI is InChI=1S/C19H25N3O5/c1-13-17(22-27-21-13)26-11-10-20-18(23)19(8-4-5-9-19)14-6-7-15(24-2)16(12-14)25-3/h6-7,12H,4-5,8-11H2,1-3H3,(H,20,23). The number of aromatic nitrogens is 2. The third-order valence-corrected chi connectivity index (χ3v) is 5.07. The number of nitrogens with one attached hydrogen (secondary N) is 1. The molecule has 0 unspecified atom stereocenters. The molecule has 3 rings (SSSR count). The van der Waals surface area contributed by atoms with Crippen molar-refractivity contribution in [2.45, 2.75) is 38.0 Å². The second-order valence-corrected chi connectivity index (χ2v) is 6.62. The highest BCUT2D eigenvalue weighted by atomic mass is 16.6. The van der Waals surface area contributed by atoms with Crippen LogP contribution in [-0.2, 0) is 10.2 Å². The van der Waals surface area contributed by atoms with Crippen LogP contribution >= 0.6 is 0 Å². The van der Waals surface area contributed by atoms with Crippen LogP contribution in [0.25, 0.3) is 0 Å². The fourth-order valence-corrected chi connectivity index (χ4v) is 3.60. The second kappa shape index (κ2) is 8.28. The Morgan fingerprint density at radius 2 is 1.93 bits per heavy atom. The minimum absolute atomic E-state index is 0.00539. The summed E-state index contributed by atoms with van der Waals surface area (Å²) in [4.78, 5) is 13.1. The molecule has 8 nitrogen and oxygen atoms in total. The number of hydrogen-bond donors (Lipinski definition) is 1. The zero-order chi connectivity index (χ0) is 19.3. The molecule has 0 radical (unpaired) electrons. The first-order valence-corrected chi connectivity index (χ1v) is 9.03. The van der Waals surface area contributed by atoms with Gasteiger partial charge in [-0.3, -0.25) is 4.79 Å². The van der Waals surface area contributed by atoms with E-state index in [1.807, 2.05) is 18.2 Å². The molecule has 0 atom stereocenters. The maximum atomic E-state index is 13.1. The van der Waals surface area contributed by atoms with Crippen LogP contribution in [0.4, 0.5) is 0 Å². The first kappa shape index (κ1) is 19.0. The van der Waals surface area contributed by atoms with Gasteiger partial charge in [0.2, 0.25) is 5.91 Å². The molecular formula is C19H25N3O5. The van der Waals surface area contributed by atoms with Crippen LogP contribution in [0.3, 0.4) is 0 Å². The average molecular weight is 375 g/mol. The number of aryl methyl sites for hydroxylation is 1. The molecule has 27 heavy (non-hydrogen) atoms. The zero-order valence-corrected chi connectivity index (χ0v) is 15.9. The first-order chi connectivity index (χ1) is 13.1. The van der Waals surface area contributed by atoms with E-state index in [2.05, 4.69) is 20.3 Å². The topological polar surface area (TPSA) is 95.7 Å². The van der Waals surface area contributed by atoms with Crippen molar-refractivity contribution in [2.75, 3.05) is 27.4 Å². The van der Waals surface area contributed by atoms with E-state index in [1.54, 1.807) is 21.1 Å². The van der Waals surface area contributed by atoms with Gasteiger partial charge in [0, 0.05) is 0 Å². The number of amides is 1. The Hall–Kier alpha value is -2.77. The van der Waals surface area contributed by atoms with E-state index in [1.165, 1.54) is 0 Å². The summed E-state index contributed by atoms with van der Waals surface area (Å²) in [6, 6.07) is 5.71. The van der Waals surface area contributed by atoms with Crippen molar-refractivity contribution in [1.29, 1.82) is 0 Å². The number of methoxy groups -OCH3 is 2. The normalized spacial score (nSPS) is 15.4. The summed E-state index contributed by atoms with van der Waals surface area (Å²) in [6.45, 7) is 2.41. The van der Waals surface area contributed by atoms with Gasteiger partial charge in [0.1, 0.15) is 12.3 Å². The van der Waals surface area contributed by atoms with Crippen molar-refractivity contribution < 1.29 is 23.6 Å². The smallest absolute Gasteiger partial charge is 0.278 e. The van der Waals surface area contributed by atoms with Crippen molar-refractivity contribution >= 4 is 5.91 Å². The lowest BCUT2D eigenvalue weighted by Gasteiger charge is -2.29. The Labute approximate surface area is 158 Å². The van der Waals surface area contributed by atoms with E-state index in [-0.39, 0.29) is 5.91 Å². The van der Waals surface area contributed by atoms with Crippen LogP contribution in [0, 0.1) is 6.92 Å². The van der Waals surface area contributed by atoms with Crippen LogP contribution in [0.1, 0.15) is 36.9 Å². The zero-order valence-electron chi connectivity index (χ0n) is 15.9. The Balaban J connectivity index is 1.68. The van der Waals surface area contributed by atoms with E-state index in [0.717, 1.165) is 31.2 Å². The molecule has 1 fully saturated rings. The van der Waals surface area contributed by atoms with Crippen LogP contribution in [0.15, 0.2) is 22.8 Å². The molecule has 0 aliphatic heterocycles. The SMILES string of the molecule is COc1ccc(C2(C(=O)NCCOc3nonc3C)CCCC2)cc1OC. The molecule has 0 bridgehead atoms. The van der Waals surface area contributed by atoms with Gasteiger partial charge in [0.15, 0.2) is 11.5 Å². The second-order valence-electron chi connectivity index (χ2n) is 6.62. The molecule has 1 heterocycles. The van der Waals surface area contributed by atoms with Gasteiger partial charge in [-0.25, -0.2) is 4.63 Å². The molecule has 8 heteroatoms. The number of carbonyl (C=O) groups is 1. The summed E-state index contributed by atoms with van der Waals surface area (Å²) in [6.07, 6.45) is 3.65. The van der Waals surface area contributed by atoms with Gasteiger partial charge >= 0.3 is 0 Å². The van der Waals surface area contributed by atoms with Crippen molar-refractivity contribution in [3.05, 3.63) is 29.5 Å². The molecule has 2 aromatic rings. The molecule has 146 valence electrons. The van der Waals surface area contributed by atoms with Crippen molar-refractivity contribution in [1.82, 2.24) is 15.6 Å². The van der Waals surface area contributed by atoms with E-state index >= 15 is 0 Å². The Bertz CT molecular complexity index is 783. The summed E-state index contributed by atoms with van der Waals surface area (Å²) >= 11 is 0. The number of nitrogens with zero attached hydrogens (tertiary/aromatic N) is 2. The predicted octanol–water partition coefficient (Wildman–Crippen LogP) is 2.40. The lowest BCUT2D eigenvalue weighted by atomic mass is 9.78. The van der Waals surface area contributed by atoms with Gasteiger partial charge < -0.3 is 19.5 Å². The highest BCUT2D eigenvalue weighted by Gasteiger charge is 2.42. The van der Waals surface area contributed by atoms with E-state index in [9.17, 15) is 4.79 Å². The molecule has 0 saturated heterocycles.